The predicted octanol–water partition coefficient (Wildman–Crippen LogP) is 1.86. The third kappa shape index (κ3) is 3.18. The van der Waals surface area contributed by atoms with Gasteiger partial charge < -0.3 is 11.1 Å². The van der Waals surface area contributed by atoms with E-state index in [1.165, 1.54) is 25.1 Å². The van der Waals surface area contributed by atoms with Crippen LogP contribution in [0.15, 0.2) is 18.2 Å². The molecule has 0 aromatic heterocycles. The summed E-state index contributed by atoms with van der Waals surface area (Å²) in [5.41, 5.74) is 5.77. The minimum atomic E-state index is -0.539. The van der Waals surface area contributed by atoms with Gasteiger partial charge in [0, 0.05) is 17.7 Å². The van der Waals surface area contributed by atoms with Crippen LogP contribution in [0.5, 0.6) is 0 Å². The van der Waals surface area contributed by atoms with Gasteiger partial charge in [0.05, 0.1) is 10.8 Å². The summed E-state index contributed by atoms with van der Waals surface area (Å²) in [7, 11) is 0. The van der Waals surface area contributed by atoms with Gasteiger partial charge in [-0.15, -0.1) is 0 Å². The number of rotatable bonds is 5. The quantitative estimate of drug-likeness (QED) is 0.488. The Balaban J connectivity index is 2.29. The van der Waals surface area contributed by atoms with Gasteiger partial charge in [-0.05, 0) is 31.9 Å². The molecule has 7 nitrogen and oxygen atoms in total. The number of nitrogens with zero attached hydrogens (tertiary/aromatic N) is 1. The number of ketones is 1. The molecule has 7 heteroatoms. The molecule has 0 spiro atoms. The standard InChI is InChI=1S/C14H17N3O4/c1-8(18)9-5-6-12(13(7-9)17(20)21)16-11-4-2-3-10(11)14(15)19/h5-7,10-11,16H,2-4H2,1H3,(H2,15,19)/t10-,11-/m0/s1. The number of primary amides is 1. The second kappa shape index (κ2) is 5.90. The lowest BCUT2D eigenvalue weighted by molar-refractivity contribution is -0.384. The van der Waals surface area contributed by atoms with Crippen LogP contribution in [0.4, 0.5) is 11.4 Å². The lowest BCUT2D eigenvalue weighted by Crippen LogP contribution is -2.34. The van der Waals surface area contributed by atoms with Crippen LogP contribution < -0.4 is 11.1 Å². The Morgan fingerprint density at radius 3 is 2.67 bits per heavy atom. The highest BCUT2D eigenvalue weighted by atomic mass is 16.6. The number of carbonyl (C=O) groups excluding carboxylic acids is 2. The molecule has 112 valence electrons. The Kier molecular flexibility index (Phi) is 4.21. The third-order valence-corrected chi connectivity index (χ3v) is 3.82. The fourth-order valence-corrected chi connectivity index (χ4v) is 2.70. The zero-order valence-electron chi connectivity index (χ0n) is 11.7. The Hall–Kier alpha value is -2.44. The van der Waals surface area contributed by atoms with Crippen molar-refractivity contribution in [1.29, 1.82) is 0 Å². The van der Waals surface area contributed by atoms with Crippen molar-refractivity contribution >= 4 is 23.1 Å². The smallest absolute Gasteiger partial charge is 0.293 e. The molecule has 21 heavy (non-hydrogen) atoms. The first-order chi connectivity index (χ1) is 9.90. The summed E-state index contributed by atoms with van der Waals surface area (Å²) in [6, 6.07) is 4.08. The maximum absolute atomic E-state index is 11.4. The molecule has 3 N–H and O–H groups in total. The Bertz CT molecular complexity index is 600. The normalized spacial score (nSPS) is 21.0. The van der Waals surface area contributed by atoms with E-state index >= 15 is 0 Å². The molecule has 0 bridgehead atoms. The fourth-order valence-electron chi connectivity index (χ4n) is 2.70. The number of benzene rings is 1. The number of hydrogen-bond acceptors (Lipinski definition) is 5. The summed E-state index contributed by atoms with van der Waals surface area (Å²) in [6.45, 7) is 1.35. The summed E-state index contributed by atoms with van der Waals surface area (Å²) < 4.78 is 0. The van der Waals surface area contributed by atoms with Gasteiger partial charge in [0.25, 0.3) is 5.69 Å². The maximum atomic E-state index is 11.4. The number of anilines is 1. The van der Waals surface area contributed by atoms with E-state index in [0.717, 1.165) is 12.8 Å². The Labute approximate surface area is 121 Å². The fraction of sp³-hybridized carbons (Fsp3) is 0.429. The second-order valence-corrected chi connectivity index (χ2v) is 5.24. The number of nitro benzene ring substituents is 1. The minimum Gasteiger partial charge on any atom is -0.376 e. The largest absolute Gasteiger partial charge is 0.376 e. The average Bonchev–Trinajstić information content (AvgIpc) is 2.87. The lowest BCUT2D eigenvalue weighted by atomic mass is 10.0. The topological polar surface area (TPSA) is 115 Å². The van der Waals surface area contributed by atoms with Crippen LogP contribution in [0.2, 0.25) is 0 Å². The molecule has 0 saturated heterocycles. The van der Waals surface area contributed by atoms with Crippen LogP contribution >= 0.6 is 0 Å². The van der Waals surface area contributed by atoms with E-state index in [-0.39, 0.29) is 29.0 Å². The lowest BCUT2D eigenvalue weighted by Gasteiger charge is -2.19. The monoisotopic (exact) mass is 291 g/mol. The van der Waals surface area contributed by atoms with Crippen LogP contribution in [-0.4, -0.2) is 22.7 Å². The van der Waals surface area contributed by atoms with Gasteiger partial charge in [-0.25, -0.2) is 0 Å². The predicted molar refractivity (Wildman–Crippen MR) is 77.0 cm³/mol. The molecular weight excluding hydrogens is 274 g/mol. The maximum Gasteiger partial charge on any atom is 0.293 e. The van der Waals surface area contributed by atoms with Gasteiger partial charge in [-0.2, -0.15) is 0 Å². The zero-order valence-corrected chi connectivity index (χ0v) is 11.7. The molecule has 1 amide bonds. The highest BCUT2D eigenvalue weighted by Gasteiger charge is 2.32. The van der Waals surface area contributed by atoms with Gasteiger partial charge in [0.15, 0.2) is 5.78 Å². The van der Waals surface area contributed by atoms with Crippen molar-refractivity contribution < 1.29 is 14.5 Å². The SMILES string of the molecule is CC(=O)c1ccc(N[C@H]2CCC[C@@H]2C(N)=O)c([N+](=O)[O-])c1. The number of amides is 1. The van der Waals surface area contributed by atoms with Crippen molar-refractivity contribution in [3.63, 3.8) is 0 Å². The molecule has 2 atom stereocenters. The van der Waals surface area contributed by atoms with E-state index in [1.54, 1.807) is 0 Å². The molecule has 1 aromatic carbocycles. The van der Waals surface area contributed by atoms with Gasteiger partial charge in [-0.3, -0.25) is 19.7 Å². The number of Topliss-reactive ketones (excluding diaryl/α,β-unsaturated/α-hetero) is 1. The van der Waals surface area contributed by atoms with Crippen molar-refractivity contribution in [2.75, 3.05) is 5.32 Å². The molecule has 1 saturated carbocycles. The molecule has 0 aliphatic heterocycles. The van der Waals surface area contributed by atoms with E-state index in [2.05, 4.69) is 5.32 Å². The molecule has 0 unspecified atom stereocenters. The summed E-state index contributed by atoms with van der Waals surface area (Å²) in [4.78, 5) is 33.3. The van der Waals surface area contributed by atoms with E-state index < -0.39 is 10.8 Å². The number of nitrogens with one attached hydrogen (secondary N) is 1. The first-order valence-electron chi connectivity index (χ1n) is 6.75. The highest BCUT2D eigenvalue weighted by Crippen LogP contribution is 2.32. The van der Waals surface area contributed by atoms with Crippen molar-refractivity contribution in [1.82, 2.24) is 0 Å². The van der Waals surface area contributed by atoms with Gasteiger partial charge in [0.2, 0.25) is 5.91 Å². The van der Waals surface area contributed by atoms with Crippen molar-refractivity contribution in [3.05, 3.63) is 33.9 Å². The summed E-state index contributed by atoms with van der Waals surface area (Å²) >= 11 is 0. The molecular formula is C14H17N3O4. The van der Waals surface area contributed by atoms with E-state index in [9.17, 15) is 19.7 Å². The molecule has 1 fully saturated rings. The number of carbonyl (C=O) groups is 2. The van der Waals surface area contributed by atoms with Crippen LogP contribution in [0.3, 0.4) is 0 Å². The van der Waals surface area contributed by atoms with Crippen LogP contribution in [0.25, 0.3) is 0 Å². The summed E-state index contributed by atoms with van der Waals surface area (Å²) in [6.07, 6.45) is 2.27. The van der Waals surface area contributed by atoms with E-state index in [4.69, 9.17) is 5.73 Å². The van der Waals surface area contributed by atoms with Crippen LogP contribution in [-0.2, 0) is 4.79 Å². The van der Waals surface area contributed by atoms with Gasteiger partial charge in [-0.1, -0.05) is 6.42 Å². The van der Waals surface area contributed by atoms with Gasteiger partial charge in [0.1, 0.15) is 5.69 Å². The summed E-state index contributed by atoms with van der Waals surface area (Å²) in [5, 5.41) is 14.2. The van der Waals surface area contributed by atoms with Crippen molar-refractivity contribution in [2.45, 2.75) is 32.2 Å². The number of nitro groups is 1. The molecule has 2 rings (SSSR count). The number of hydrogen-bond donors (Lipinski definition) is 2. The highest BCUT2D eigenvalue weighted by molar-refractivity contribution is 5.95. The Morgan fingerprint density at radius 1 is 1.38 bits per heavy atom. The van der Waals surface area contributed by atoms with Crippen molar-refractivity contribution in [2.24, 2.45) is 11.7 Å². The Morgan fingerprint density at radius 2 is 2.10 bits per heavy atom. The molecule has 0 radical (unpaired) electrons. The average molecular weight is 291 g/mol. The van der Waals surface area contributed by atoms with Gasteiger partial charge >= 0.3 is 0 Å². The first-order valence-corrected chi connectivity index (χ1v) is 6.75. The molecule has 1 aromatic rings. The zero-order chi connectivity index (χ0) is 15.6. The van der Waals surface area contributed by atoms with Crippen molar-refractivity contribution in [3.8, 4) is 0 Å². The molecule has 0 heterocycles. The van der Waals surface area contributed by atoms with E-state index in [1.807, 2.05) is 0 Å². The molecule has 1 aliphatic carbocycles. The van der Waals surface area contributed by atoms with E-state index in [0.29, 0.717) is 12.1 Å². The second-order valence-electron chi connectivity index (χ2n) is 5.24. The van der Waals surface area contributed by atoms with Crippen LogP contribution in [0.1, 0.15) is 36.5 Å². The minimum absolute atomic E-state index is 0.169. The number of nitrogens with two attached hydrogens (primary N) is 1. The molecule has 1 aliphatic rings. The first kappa shape index (κ1) is 15.0. The van der Waals surface area contributed by atoms with Crippen LogP contribution in [0, 0.1) is 16.0 Å². The summed E-state index contributed by atoms with van der Waals surface area (Å²) in [5.74, 6) is -0.953. The third-order valence-electron chi connectivity index (χ3n) is 3.82.